The van der Waals surface area contributed by atoms with Gasteiger partial charge < -0.3 is 20.4 Å². The minimum Gasteiger partial charge on any atom is -0.378 e. The highest BCUT2D eigenvalue weighted by atomic mass is 19.1. The number of benzene rings is 2. The summed E-state index contributed by atoms with van der Waals surface area (Å²) in [5, 5.41) is 5.88. The van der Waals surface area contributed by atoms with Crippen molar-refractivity contribution >= 4 is 23.2 Å². The highest BCUT2D eigenvalue weighted by Gasteiger charge is 2.16. The smallest absolute Gasteiger partial charge is 0.322 e. The number of carbonyl (C=O) groups is 1. The van der Waals surface area contributed by atoms with Crippen molar-refractivity contribution in [3.05, 3.63) is 84.1 Å². The van der Waals surface area contributed by atoms with Gasteiger partial charge in [-0.1, -0.05) is 31.0 Å². The summed E-state index contributed by atoms with van der Waals surface area (Å²) < 4.78 is 27.3. The van der Waals surface area contributed by atoms with E-state index < -0.39 is 17.7 Å². The van der Waals surface area contributed by atoms with E-state index in [2.05, 4.69) is 15.6 Å². The van der Waals surface area contributed by atoms with Crippen LogP contribution in [0.1, 0.15) is 31.2 Å². The van der Waals surface area contributed by atoms with Gasteiger partial charge in [0.2, 0.25) is 0 Å². The molecule has 35 heavy (non-hydrogen) atoms. The maximum absolute atomic E-state index is 14.1. The first-order valence-electron chi connectivity index (χ1n) is 11.8. The Balaban J connectivity index is 1.53. The lowest BCUT2D eigenvalue weighted by Crippen LogP contribution is -2.35. The van der Waals surface area contributed by atoms with E-state index in [1.54, 1.807) is 11.1 Å². The molecule has 0 aliphatic carbocycles. The predicted octanol–water partition coefficient (Wildman–Crippen LogP) is 6.13. The average Bonchev–Trinajstić information content (AvgIpc) is 2.85. The second kappa shape index (κ2) is 13.3. The Morgan fingerprint density at radius 1 is 0.943 bits per heavy atom. The third kappa shape index (κ3) is 8.55. The van der Waals surface area contributed by atoms with Crippen molar-refractivity contribution in [2.45, 2.75) is 32.2 Å². The Kier molecular flexibility index (Phi) is 9.83. The fourth-order valence-corrected chi connectivity index (χ4v) is 3.62. The minimum atomic E-state index is -0.797. The van der Waals surface area contributed by atoms with E-state index in [1.165, 1.54) is 6.07 Å². The van der Waals surface area contributed by atoms with Gasteiger partial charge in [0.1, 0.15) is 17.5 Å². The molecule has 0 spiro atoms. The summed E-state index contributed by atoms with van der Waals surface area (Å²) >= 11 is 0. The van der Waals surface area contributed by atoms with E-state index in [0.29, 0.717) is 13.1 Å². The number of aromatic nitrogens is 1. The molecule has 0 bridgehead atoms. The lowest BCUT2D eigenvalue weighted by molar-refractivity contribution is 0.207. The van der Waals surface area contributed by atoms with Crippen LogP contribution in [0.2, 0.25) is 0 Å². The molecule has 3 aromatic rings. The van der Waals surface area contributed by atoms with Crippen LogP contribution < -0.4 is 15.5 Å². The number of halogens is 2. The molecule has 0 saturated carbocycles. The molecule has 8 heteroatoms. The van der Waals surface area contributed by atoms with Crippen LogP contribution in [0.3, 0.4) is 0 Å². The molecule has 0 aliphatic rings. The van der Waals surface area contributed by atoms with Crippen molar-refractivity contribution in [2.75, 3.05) is 42.7 Å². The van der Waals surface area contributed by atoms with E-state index in [-0.39, 0.29) is 5.69 Å². The number of nitrogens with zero attached hydrogens (tertiary/aromatic N) is 3. The van der Waals surface area contributed by atoms with E-state index in [0.717, 1.165) is 61.4 Å². The maximum Gasteiger partial charge on any atom is 0.322 e. The van der Waals surface area contributed by atoms with Gasteiger partial charge in [0.05, 0.1) is 5.69 Å². The van der Waals surface area contributed by atoms with Gasteiger partial charge in [0, 0.05) is 51.7 Å². The quantitative estimate of drug-likeness (QED) is 0.306. The summed E-state index contributed by atoms with van der Waals surface area (Å²) in [6.45, 7) is 1.75. The van der Waals surface area contributed by atoms with Crippen LogP contribution in [0.4, 0.5) is 30.8 Å². The zero-order valence-electron chi connectivity index (χ0n) is 20.3. The first kappa shape index (κ1) is 25.9. The largest absolute Gasteiger partial charge is 0.378 e. The van der Waals surface area contributed by atoms with Crippen LogP contribution >= 0.6 is 0 Å². The number of anilines is 3. The van der Waals surface area contributed by atoms with E-state index >= 15 is 0 Å². The summed E-state index contributed by atoms with van der Waals surface area (Å²) in [5.41, 5.74) is 2.01. The van der Waals surface area contributed by atoms with Crippen LogP contribution in [0.25, 0.3) is 0 Å². The summed E-state index contributed by atoms with van der Waals surface area (Å²) in [7, 11) is 3.94. The number of nitrogens with one attached hydrogen (secondary N) is 2. The molecule has 2 aromatic carbocycles. The van der Waals surface area contributed by atoms with Crippen LogP contribution in [0.15, 0.2) is 66.9 Å². The van der Waals surface area contributed by atoms with Gasteiger partial charge in [-0.2, -0.15) is 0 Å². The fraction of sp³-hybridized carbons (Fsp3) is 0.333. The monoisotopic (exact) mass is 481 g/mol. The molecule has 0 atom stereocenters. The van der Waals surface area contributed by atoms with E-state index in [4.69, 9.17) is 0 Å². The number of urea groups is 1. The highest BCUT2D eigenvalue weighted by molar-refractivity contribution is 5.89. The van der Waals surface area contributed by atoms with Crippen molar-refractivity contribution in [1.82, 2.24) is 9.88 Å². The third-order valence-corrected chi connectivity index (χ3v) is 5.61. The molecule has 6 nitrogen and oxygen atoms in total. The topological polar surface area (TPSA) is 60.5 Å². The summed E-state index contributed by atoms with van der Waals surface area (Å²) in [5.74, 6) is -0.617. The molecule has 186 valence electrons. The van der Waals surface area contributed by atoms with Crippen molar-refractivity contribution in [3.8, 4) is 0 Å². The molecule has 0 fully saturated rings. The predicted molar refractivity (Wildman–Crippen MR) is 138 cm³/mol. The van der Waals surface area contributed by atoms with Gasteiger partial charge in [0.25, 0.3) is 0 Å². The maximum atomic E-state index is 14.1. The second-order valence-corrected chi connectivity index (χ2v) is 8.59. The molecule has 0 unspecified atom stereocenters. The average molecular weight is 482 g/mol. The van der Waals surface area contributed by atoms with Crippen LogP contribution in [0, 0.1) is 11.6 Å². The standard InChI is InChI=1S/C27H33F2N5O/c1-33(2)23-13-10-21(11-14-23)20-34(27(35)32-25-15-12-22(28)19-24(25)29)18-8-4-3-6-16-30-26-9-5-7-17-31-26/h5,7,9-15,17,19H,3-4,6,8,16,18,20H2,1-2H3,(H,30,31)(H,32,35). The zero-order chi connectivity index (χ0) is 25.0. The number of hydrogen-bond acceptors (Lipinski definition) is 4. The Bertz CT molecular complexity index is 1060. The van der Waals surface area contributed by atoms with Gasteiger partial charge in [-0.05, 0) is 54.8 Å². The second-order valence-electron chi connectivity index (χ2n) is 8.59. The molecule has 1 aromatic heterocycles. The SMILES string of the molecule is CN(C)c1ccc(CN(CCCCCCNc2ccccn2)C(=O)Nc2ccc(F)cc2F)cc1. The number of amides is 2. The Morgan fingerprint density at radius 2 is 1.71 bits per heavy atom. The highest BCUT2D eigenvalue weighted by Crippen LogP contribution is 2.18. The zero-order valence-corrected chi connectivity index (χ0v) is 20.3. The molecule has 2 amide bonds. The van der Waals surface area contributed by atoms with Crippen molar-refractivity contribution in [2.24, 2.45) is 0 Å². The van der Waals surface area contributed by atoms with Gasteiger partial charge >= 0.3 is 6.03 Å². The summed E-state index contributed by atoms with van der Waals surface area (Å²) in [6.07, 6.45) is 5.54. The number of unbranched alkanes of at least 4 members (excludes halogenated alkanes) is 3. The third-order valence-electron chi connectivity index (χ3n) is 5.61. The summed E-state index contributed by atoms with van der Waals surface area (Å²) in [4.78, 5) is 20.9. The summed E-state index contributed by atoms with van der Waals surface area (Å²) in [6, 6.07) is 16.4. The Labute approximate surface area is 206 Å². The van der Waals surface area contributed by atoms with Gasteiger partial charge in [-0.15, -0.1) is 0 Å². The number of hydrogen-bond donors (Lipinski definition) is 2. The fourth-order valence-electron chi connectivity index (χ4n) is 3.62. The van der Waals surface area contributed by atoms with Gasteiger partial charge in [-0.3, -0.25) is 0 Å². The molecule has 0 radical (unpaired) electrons. The van der Waals surface area contributed by atoms with E-state index in [1.807, 2.05) is 61.5 Å². The van der Waals surface area contributed by atoms with Crippen LogP contribution in [-0.2, 0) is 6.54 Å². The first-order valence-corrected chi connectivity index (χ1v) is 11.8. The first-order chi connectivity index (χ1) is 16.9. The normalized spacial score (nSPS) is 10.6. The van der Waals surface area contributed by atoms with Crippen LogP contribution in [-0.4, -0.2) is 43.1 Å². The number of rotatable bonds is 12. The Morgan fingerprint density at radius 3 is 2.40 bits per heavy atom. The molecular formula is C27H33F2N5O. The van der Waals surface area contributed by atoms with Crippen molar-refractivity contribution < 1.29 is 13.6 Å². The minimum absolute atomic E-state index is 0.0371. The number of carbonyl (C=O) groups excluding carboxylic acids is 1. The molecule has 0 saturated heterocycles. The molecular weight excluding hydrogens is 448 g/mol. The lowest BCUT2D eigenvalue weighted by atomic mass is 10.1. The van der Waals surface area contributed by atoms with Crippen molar-refractivity contribution in [1.29, 1.82) is 0 Å². The van der Waals surface area contributed by atoms with Crippen molar-refractivity contribution in [3.63, 3.8) is 0 Å². The molecule has 2 N–H and O–H groups in total. The lowest BCUT2D eigenvalue weighted by Gasteiger charge is -2.24. The van der Waals surface area contributed by atoms with Gasteiger partial charge in [0.15, 0.2) is 0 Å². The molecule has 1 heterocycles. The number of pyridine rings is 1. The van der Waals surface area contributed by atoms with Gasteiger partial charge in [-0.25, -0.2) is 18.6 Å². The molecule has 0 aliphatic heterocycles. The van der Waals surface area contributed by atoms with E-state index in [9.17, 15) is 13.6 Å². The Hall–Kier alpha value is -3.68. The van der Waals surface area contributed by atoms with Crippen LogP contribution in [0.5, 0.6) is 0 Å². The molecule has 3 rings (SSSR count).